The third-order valence-corrected chi connectivity index (χ3v) is 3.60. The molecule has 146 valence electrons. The lowest BCUT2D eigenvalue weighted by Gasteiger charge is -2.24. The van der Waals surface area contributed by atoms with E-state index in [-0.39, 0.29) is 11.3 Å². The predicted molar refractivity (Wildman–Crippen MR) is 79.4 cm³/mol. The van der Waals surface area contributed by atoms with Gasteiger partial charge in [-0.3, -0.25) is 0 Å². The summed E-state index contributed by atoms with van der Waals surface area (Å²) in [5, 5.41) is 21.6. The van der Waals surface area contributed by atoms with Crippen molar-refractivity contribution in [3.63, 3.8) is 0 Å². The first-order chi connectivity index (χ1) is 12.6. The number of aliphatic carboxylic acids is 1. The van der Waals surface area contributed by atoms with Gasteiger partial charge in [0, 0.05) is 30.1 Å². The normalized spacial score (nSPS) is 14.0. The Labute approximate surface area is 150 Å². The first kappa shape index (κ1) is 20.6. The topological polar surface area (TPSA) is 82.5 Å². The van der Waals surface area contributed by atoms with Crippen molar-refractivity contribution in [1.29, 1.82) is 0 Å². The summed E-state index contributed by atoms with van der Waals surface area (Å²) < 4.78 is 67.1. The summed E-state index contributed by atoms with van der Waals surface area (Å²) >= 11 is 0. The van der Waals surface area contributed by atoms with E-state index in [2.05, 4.69) is 9.72 Å². The molecule has 0 aliphatic rings. The highest BCUT2D eigenvalue weighted by Crippen LogP contribution is 2.28. The van der Waals surface area contributed by atoms with Crippen LogP contribution in [-0.2, 0) is 11.2 Å². The summed E-state index contributed by atoms with van der Waals surface area (Å²) in [6.45, 7) is 0. The van der Waals surface area contributed by atoms with Crippen molar-refractivity contribution in [3.8, 4) is 5.88 Å². The number of carbonyl (C=O) groups excluding carboxylic acids is 1. The SMILES string of the molecule is O=C([O-])C(Cc1cccc(OC(F)(F)C(F)F)n1)C(O)c1ccc(F)cc1. The number of aromatic nitrogens is 1. The Morgan fingerprint density at radius 1 is 1.19 bits per heavy atom. The molecule has 5 nitrogen and oxygen atoms in total. The molecule has 2 unspecified atom stereocenters. The van der Waals surface area contributed by atoms with Crippen LogP contribution in [0.25, 0.3) is 0 Å². The van der Waals surface area contributed by atoms with Gasteiger partial charge in [-0.05, 0) is 23.8 Å². The quantitative estimate of drug-likeness (QED) is 0.698. The van der Waals surface area contributed by atoms with Crippen molar-refractivity contribution in [2.24, 2.45) is 5.92 Å². The standard InChI is InChI=1S/C17H14F5NO4/c18-10-6-4-9(5-7-10)14(24)12(15(25)26)8-11-2-1-3-13(23-11)27-17(21,22)16(19)20/h1-7,12,14,16,24H,8H2,(H,25,26)/p-1. The molecule has 1 N–H and O–H groups in total. The second-order valence-corrected chi connectivity index (χ2v) is 5.56. The van der Waals surface area contributed by atoms with Crippen LogP contribution in [0.5, 0.6) is 5.88 Å². The Hall–Kier alpha value is -2.75. The van der Waals surface area contributed by atoms with Gasteiger partial charge in [-0.25, -0.2) is 9.37 Å². The fraction of sp³-hybridized carbons (Fsp3) is 0.294. The zero-order valence-corrected chi connectivity index (χ0v) is 13.5. The van der Waals surface area contributed by atoms with Crippen molar-refractivity contribution in [3.05, 3.63) is 59.5 Å². The Bertz CT molecular complexity index is 785. The van der Waals surface area contributed by atoms with Gasteiger partial charge in [-0.15, -0.1) is 0 Å². The number of alkyl halides is 4. The zero-order chi connectivity index (χ0) is 20.2. The number of carboxylic acid groups (broad SMARTS) is 1. The summed E-state index contributed by atoms with van der Waals surface area (Å²) in [5.74, 6) is -4.67. The van der Waals surface area contributed by atoms with Crippen LogP contribution in [0.1, 0.15) is 17.4 Å². The van der Waals surface area contributed by atoms with Gasteiger partial charge < -0.3 is 19.7 Å². The maximum atomic E-state index is 12.9. The Morgan fingerprint density at radius 3 is 2.37 bits per heavy atom. The number of nitrogens with zero attached hydrogens (tertiary/aromatic N) is 1. The summed E-state index contributed by atoms with van der Waals surface area (Å²) in [7, 11) is 0. The van der Waals surface area contributed by atoms with Gasteiger partial charge in [0.05, 0.1) is 6.10 Å². The van der Waals surface area contributed by atoms with Gasteiger partial charge in [0.2, 0.25) is 5.88 Å². The number of hydrogen-bond acceptors (Lipinski definition) is 5. The smallest absolute Gasteiger partial charge is 0.462 e. The van der Waals surface area contributed by atoms with Crippen molar-refractivity contribution in [1.82, 2.24) is 4.98 Å². The lowest BCUT2D eigenvalue weighted by Crippen LogP contribution is -2.37. The minimum Gasteiger partial charge on any atom is -0.550 e. The lowest BCUT2D eigenvalue weighted by atomic mass is 9.91. The molecule has 0 bridgehead atoms. The molecular formula is C17H13F5NO4-. The molecule has 0 aliphatic heterocycles. The molecule has 1 aromatic carbocycles. The molecule has 0 aliphatic carbocycles. The van der Waals surface area contributed by atoms with E-state index in [0.717, 1.165) is 24.3 Å². The number of ether oxygens (including phenoxy) is 1. The molecule has 1 aromatic heterocycles. The molecule has 27 heavy (non-hydrogen) atoms. The molecule has 0 spiro atoms. The van der Waals surface area contributed by atoms with Crippen molar-refractivity contribution >= 4 is 5.97 Å². The molecule has 1 heterocycles. The number of carboxylic acids is 1. The maximum Gasteiger partial charge on any atom is 0.462 e. The molecule has 0 amide bonds. The third-order valence-electron chi connectivity index (χ3n) is 3.60. The van der Waals surface area contributed by atoms with Gasteiger partial charge in [0.25, 0.3) is 0 Å². The molecule has 10 heteroatoms. The molecule has 0 radical (unpaired) electrons. The lowest BCUT2D eigenvalue weighted by molar-refractivity contribution is -0.314. The van der Waals surface area contributed by atoms with Gasteiger partial charge in [0.1, 0.15) is 5.82 Å². The van der Waals surface area contributed by atoms with E-state index in [1.54, 1.807) is 0 Å². The number of halogens is 5. The molecule has 0 saturated carbocycles. The summed E-state index contributed by atoms with van der Waals surface area (Å²) in [5.41, 5.74) is -0.0323. The largest absolute Gasteiger partial charge is 0.550 e. The van der Waals surface area contributed by atoms with Crippen LogP contribution in [0.3, 0.4) is 0 Å². The minimum absolute atomic E-state index is 0.0854. The Kier molecular flexibility index (Phi) is 6.32. The molecule has 0 saturated heterocycles. The maximum absolute atomic E-state index is 12.9. The van der Waals surface area contributed by atoms with Crippen LogP contribution in [0, 0.1) is 11.7 Å². The van der Waals surface area contributed by atoms with Crippen LogP contribution in [-0.4, -0.2) is 28.6 Å². The fourth-order valence-electron chi connectivity index (χ4n) is 2.25. The van der Waals surface area contributed by atoms with Crippen LogP contribution in [0.15, 0.2) is 42.5 Å². The monoisotopic (exact) mass is 390 g/mol. The Balaban J connectivity index is 2.20. The van der Waals surface area contributed by atoms with Crippen LogP contribution in [0.2, 0.25) is 0 Å². The average Bonchev–Trinajstić information content (AvgIpc) is 2.59. The second kappa shape index (κ2) is 8.30. The van der Waals surface area contributed by atoms with E-state index in [0.29, 0.717) is 0 Å². The molecule has 2 rings (SSSR count). The highest BCUT2D eigenvalue weighted by Gasteiger charge is 2.44. The highest BCUT2D eigenvalue weighted by molar-refractivity contribution is 5.69. The molecule has 2 atom stereocenters. The second-order valence-electron chi connectivity index (χ2n) is 5.56. The zero-order valence-electron chi connectivity index (χ0n) is 13.5. The Morgan fingerprint density at radius 2 is 1.81 bits per heavy atom. The van der Waals surface area contributed by atoms with E-state index in [1.165, 1.54) is 18.2 Å². The fourth-order valence-corrected chi connectivity index (χ4v) is 2.25. The van der Waals surface area contributed by atoms with E-state index in [1.807, 2.05) is 0 Å². The average molecular weight is 390 g/mol. The molecule has 2 aromatic rings. The first-order valence-electron chi connectivity index (χ1n) is 7.55. The van der Waals surface area contributed by atoms with Gasteiger partial charge in [0.15, 0.2) is 0 Å². The van der Waals surface area contributed by atoms with E-state index >= 15 is 0 Å². The third kappa shape index (κ3) is 5.36. The number of rotatable bonds is 8. The van der Waals surface area contributed by atoms with Gasteiger partial charge >= 0.3 is 12.5 Å². The molecular weight excluding hydrogens is 377 g/mol. The first-order valence-corrected chi connectivity index (χ1v) is 7.55. The van der Waals surface area contributed by atoms with Crippen LogP contribution in [0.4, 0.5) is 22.0 Å². The number of aliphatic hydroxyl groups excluding tert-OH is 1. The number of aliphatic hydroxyl groups is 1. The van der Waals surface area contributed by atoms with E-state index < -0.39 is 48.6 Å². The number of hydrogen-bond donors (Lipinski definition) is 1. The van der Waals surface area contributed by atoms with E-state index in [9.17, 15) is 37.0 Å². The molecule has 0 fully saturated rings. The summed E-state index contributed by atoms with van der Waals surface area (Å²) in [6.07, 6.45) is -10.9. The van der Waals surface area contributed by atoms with Crippen LogP contribution >= 0.6 is 0 Å². The van der Waals surface area contributed by atoms with Gasteiger partial charge in [-0.1, -0.05) is 18.2 Å². The summed E-state index contributed by atoms with van der Waals surface area (Å²) in [6, 6.07) is 7.66. The van der Waals surface area contributed by atoms with Crippen molar-refractivity contribution < 1.29 is 41.7 Å². The number of carbonyl (C=O) groups is 1. The minimum atomic E-state index is -4.77. The van der Waals surface area contributed by atoms with Crippen LogP contribution < -0.4 is 9.84 Å². The number of pyridine rings is 1. The van der Waals surface area contributed by atoms with Crippen molar-refractivity contribution in [2.45, 2.75) is 25.1 Å². The highest BCUT2D eigenvalue weighted by atomic mass is 19.3. The van der Waals surface area contributed by atoms with Crippen molar-refractivity contribution in [2.75, 3.05) is 0 Å². The van der Waals surface area contributed by atoms with Gasteiger partial charge in [-0.2, -0.15) is 17.6 Å². The predicted octanol–water partition coefficient (Wildman–Crippen LogP) is 2.10. The van der Waals surface area contributed by atoms with E-state index in [4.69, 9.17) is 0 Å². The number of benzene rings is 1. The summed E-state index contributed by atoms with van der Waals surface area (Å²) in [4.78, 5) is 14.9.